The number of hydroxylamine groups is 1. The summed E-state index contributed by atoms with van der Waals surface area (Å²) in [5.41, 5.74) is 3.62. The molecule has 140 valence electrons. The maximum absolute atomic E-state index is 12.7. The Bertz CT molecular complexity index is 954. The molecule has 6 nitrogen and oxygen atoms in total. The van der Waals surface area contributed by atoms with Crippen molar-refractivity contribution in [3.05, 3.63) is 82.0 Å². The predicted octanol–water partition coefficient (Wildman–Crippen LogP) is 3.46. The summed E-state index contributed by atoms with van der Waals surface area (Å²) >= 11 is 0. The lowest BCUT2D eigenvalue weighted by atomic mass is 10.1. The molecule has 1 aromatic heterocycles. The second-order valence-corrected chi connectivity index (χ2v) is 6.20. The second-order valence-electron chi connectivity index (χ2n) is 6.20. The second kappa shape index (κ2) is 8.60. The number of anilines is 1. The molecule has 0 bridgehead atoms. The Balaban J connectivity index is 1.87. The van der Waals surface area contributed by atoms with E-state index in [9.17, 15) is 4.79 Å². The van der Waals surface area contributed by atoms with E-state index in [4.69, 9.17) is 4.84 Å². The third kappa shape index (κ3) is 4.23. The van der Waals surface area contributed by atoms with Crippen molar-refractivity contribution in [2.45, 2.75) is 33.8 Å². The van der Waals surface area contributed by atoms with Crippen LogP contribution < -0.4 is 10.8 Å². The van der Waals surface area contributed by atoms with Gasteiger partial charge in [-0.25, -0.2) is 14.8 Å². The highest BCUT2D eigenvalue weighted by molar-refractivity contribution is 5.47. The Labute approximate surface area is 159 Å². The van der Waals surface area contributed by atoms with Crippen molar-refractivity contribution < 1.29 is 4.84 Å². The minimum Gasteiger partial charge on any atom is -0.266 e. The largest absolute Gasteiger partial charge is 0.356 e. The van der Waals surface area contributed by atoms with Crippen molar-refractivity contribution in [3.63, 3.8) is 0 Å². The van der Waals surface area contributed by atoms with Gasteiger partial charge < -0.3 is 0 Å². The lowest BCUT2D eigenvalue weighted by molar-refractivity contribution is 0.0932. The molecule has 0 aliphatic rings. The number of aromatic nitrogens is 3. The Kier molecular flexibility index (Phi) is 5.98. The first-order chi connectivity index (χ1) is 13.1. The fourth-order valence-electron chi connectivity index (χ4n) is 2.97. The van der Waals surface area contributed by atoms with Gasteiger partial charge in [-0.2, -0.15) is 4.98 Å². The zero-order chi connectivity index (χ0) is 19.2. The predicted molar refractivity (Wildman–Crippen MR) is 106 cm³/mol. The lowest BCUT2D eigenvalue weighted by Crippen LogP contribution is -2.31. The van der Waals surface area contributed by atoms with Gasteiger partial charge >= 0.3 is 5.69 Å². The first-order valence-corrected chi connectivity index (χ1v) is 9.13. The Morgan fingerprint density at radius 1 is 1.07 bits per heavy atom. The van der Waals surface area contributed by atoms with E-state index in [1.807, 2.05) is 62.4 Å². The summed E-state index contributed by atoms with van der Waals surface area (Å²) in [5.74, 6) is 0.265. The van der Waals surface area contributed by atoms with Gasteiger partial charge in [0.15, 0.2) is 0 Å². The Morgan fingerprint density at radius 2 is 1.85 bits per heavy atom. The van der Waals surface area contributed by atoms with Gasteiger partial charge in [0.05, 0.1) is 5.69 Å². The van der Waals surface area contributed by atoms with Gasteiger partial charge in [0.1, 0.15) is 12.9 Å². The van der Waals surface area contributed by atoms with Crippen LogP contribution in [0.25, 0.3) is 5.69 Å². The SMILES string of the molecule is CCc1cccc(C)c1-n1cnc(N(CC)OCc2ccccc2)nc1=O. The Hall–Kier alpha value is -2.99. The number of para-hydroxylation sites is 1. The molecule has 0 saturated carbocycles. The van der Waals surface area contributed by atoms with Crippen molar-refractivity contribution in [3.8, 4) is 5.69 Å². The van der Waals surface area contributed by atoms with Crippen molar-refractivity contribution in [2.75, 3.05) is 11.6 Å². The molecule has 2 aromatic carbocycles. The van der Waals surface area contributed by atoms with Crippen LogP contribution in [0.1, 0.15) is 30.5 Å². The van der Waals surface area contributed by atoms with Gasteiger partial charge in [0.25, 0.3) is 5.95 Å². The first kappa shape index (κ1) is 18.8. The number of hydrogen-bond acceptors (Lipinski definition) is 5. The van der Waals surface area contributed by atoms with E-state index in [2.05, 4.69) is 16.9 Å². The van der Waals surface area contributed by atoms with Crippen LogP contribution in [0.2, 0.25) is 0 Å². The summed E-state index contributed by atoms with van der Waals surface area (Å²) in [6, 6.07) is 15.8. The van der Waals surface area contributed by atoms with E-state index in [1.54, 1.807) is 0 Å². The van der Waals surface area contributed by atoms with Gasteiger partial charge in [-0.3, -0.25) is 9.40 Å². The van der Waals surface area contributed by atoms with E-state index in [0.717, 1.165) is 28.8 Å². The molecule has 6 heteroatoms. The van der Waals surface area contributed by atoms with E-state index >= 15 is 0 Å². The number of hydrogen-bond donors (Lipinski definition) is 0. The monoisotopic (exact) mass is 364 g/mol. The molecule has 0 atom stereocenters. The normalized spacial score (nSPS) is 10.8. The van der Waals surface area contributed by atoms with Gasteiger partial charge in [-0.1, -0.05) is 55.5 Å². The molecule has 0 aliphatic carbocycles. The minimum absolute atomic E-state index is 0.265. The molecule has 3 rings (SSSR count). The van der Waals surface area contributed by atoms with E-state index in [0.29, 0.717) is 13.2 Å². The van der Waals surface area contributed by atoms with Gasteiger partial charge in [-0.05, 0) is 37.0 Å². The summed E-state index contributed by atoms with van der Waals surface area (Å²) in [6.07, 6.45) is 2.35. The molecule has 0 spiro atoms. The van der Waals surface area contributed by atoms with Crippen molar-refractivity contribution in [2.24, 2.45) is 0 Å². The highest BCUT2D eigenvalue weighted by atomic mass is 16.7. The molecular formula is C21H24N4O2. The average Bonchev–Trinajstić information content (AvgIpc) is 2.69. The molecule has 0 aliphatic heterocycles. The summed E-state index contributed by atoms with van der Waals surface area (Å²) < 4.78 is 1.50. The number of nitrogens with zero attached hydrogens (tertiary/aromatic N) is 4. The number of rotatable bonds is 7. The van der Waals surface area contributed by atoms with E-state index in [-0.39, 0.29) is 11.6 Å². The number of benzene rings is 2. The van der Waals surface area contributed by atoms with Crippen molar-refractivity contribution in [1.82, 2.24) is 14.5 Å². The molecule has 0 N–H and O–H groups in total. The van der Waals surface area contributed by atoms with Crippen LogP contribution in [0.4, 0.5) is 5.95 Å². The maximum Gasteiger partial charge on any atom is 0.356 e. The Morgan fingerprint density at radius 3 is 2.52 bits per heavy atom. The third-order valence-corrected chi connectivity index (χ3v) is 4.37. The highest BCUT2D eigenvalue weighted by Crippen LogP contribution is 2.18. The topological polar surface area (TPSA) is 60.3 Å². The maximum atomic E-state index is 12.7. The molecule has 0 fully saturated rings. The number of aryl methyl sites for hydroxylation is 2. The van der Waals surface area contributed by atoms with Crippen LogP contribution in [0.15, 0.2) is 59.7 Å². The molecule has 27 heavy (non-hydrogen) atoms. The van der Waals surface area contributed by atoms with Crippen LogP contribution in [-0.4, -0.2) is 21.1 Å². The van der Waals surface area contributed by atoms with Crippen molar-refractivity contribution >= 4 is 5.95 Å². The fraction of sp³-hybridized carbons (Fsp3) is 0.286. The molecule has 1 heterocycles. The third-order valence-electron chi connectivity index (χ3n) is 4.37. The van der Waals surface area contributed by atoms with Gasteiger partial charge in [0.2, 0.25) is 0 Å². The molecule has 0 saturated heterocycles. The molecular weight excluding hydrogens is 340 g/mol. The smallest absolute Gasteiger partial charge is 0.266 e. The van der Waals surface area contributed by atoms with Crippen LogP contribution in [0, 0.1) is 6.92 Å². The van der Waals surface area contributed by atoms with Crippen LogP contribution in [-0.2, 0) is 17.9 Å². The van der Waals surface area contributed by atoms with E-state index < -0.39 is 0 Å². The quantitative estimate of drug-likeness (QED) is 0.601. The van der Waals surface area contributed by atoms with Gasteiger partial charge in [0, 0.05) is 6.54 Å². The first-order valence-electron chi connectivity index (χ1n) is 9.13. The molecule has 0 amide bonds. The molecule has 0 unspecified atom stereocenters. The lowest BCUT2D eigenvalue weighted by Gasteiger charge is -2.20. The molecule has 3 aromatic rings. The highest BCUT2D eigenvalue weighted by Gasteiger charge is 2.14. The van der Waals surface area contributed by atoms with Gasteiger partial charge in [-0.15, -0.1) is 0 Å². The molecule has 0 radical (unpaired) electrons. The summed E-state index contributed by atoms with van der Waals surface area (Å²) in [7, 11) is 0. The van der Waals surface area contributed by atoms with Crippen LogP contribution in [0.3, 0.4) is 0 Å². The van der Waals surface area contributed by atoms with Crippen LogP contribution >= 0.6 is 0 Å². The average molecular weight is 364 g/mol. The van der Waals surface area contributed by atoms with Crippen LogP contribution in [0.5, 0.6) is 0 Å². The summed E-state index contributed by atoms with van der Waals surface area (Å²) in [6.45, 7) is 6.89. The summed E-state index contributed by atoms with van der Waals surface area (Å²) in [5, 5.41) is 1.54. The van der Waals surface area contributed by atoms with E-state index in [1.165, 1.54) is 16.0 Å². The minimum atomic E-state index is -0.370. The van der Waals surface area contributed by atoms with Crippen molar-refractivity contribution in [1.29, 1.82) is 0 Å². The zero-order valence-electron chi connectivity index (χ0n) is 15.9. The zero-order valence-corrected chi connectivity index (χ0v) is 15.9. The standard InChI is InChI=1S/C21H24N4O2/c1-4-18-13-9-10-16(3)19(18)24-15-22-20(23-21(24)26)25(5-2)27-14-17-11-7-6-8-12-17/h6-13,15H,4-5,14H2,1-3H3. The fourth-order valence-corrected chi connectivity index (χ4v) is 2.97. The summed E-state index contributed by atoms with van der Waals surface area (Å²) in [4.78, 5) is 27.0.